The zero-order valence-electron chi connectivity index (χ0n) is 20.2. The van der Waals surface area contributed by atoms with Gasteiger partial charge < -0.3 is 24.7 Å². The molecule has 0 bridgehead atoms. The minimum absolute atomic E-state index is 0.0468. The van der Waals surface area contributed by atoms with Crippen LogP contribution in [-0.4, -0.2) is 61.5 Å². The standard InChI is InChI=1S/C23H32N4O8/c1-4-6-11-27-21(24)20(22(30)25-23(27)31)26(12-13-32-3)18(28)14-35-19(29)15-34-17-9-7-16(8-10-17)33-5-2/h7-10H,4-6,11-15,24H2,1-3H3,(H,25,30,31). The highest BCUT2D eigenvalue weighted by molar-refractivity contribution is 5.97. The van der Waals surface area contributed by atoms with E-state index in [1.165, 1.54) is 11.7 Å². The summed E-state index contributed by atoms with van der Waals surface area (Å²) in [6.45, 7) is 3.55. The van der Waals surface area contributed by atoms with Gasteiger partial charge >= 0.3 is 11.7 Å². The first kappa shape index (κ1) is 27.4. The third-order valence-corrected chi connectivity index (χ3v) is 4.89. The SMILES string of the molecule is CCCCn1c(N)c(N(CCOC)C(=O)COC(=O)COc2ccc(OCC)cc2)c(=O)[nH]c1=O. The number of aromatic amines is 1. The Labute approximate surface area is 202 Å². The fourth-order valence-electron chi connectivity index (χ4n) is 3.12. The van der Waals surface area contributed by atoms with Gasteiger partial charge in [0.1, 0.15) is 17.3 Å². The van der Waals surface area contributed by atoms with Crippen molar-refractivity contribution in [2.24, 2.45) is 0 Å². The summed E-state index contributed by atoms with van der Waals surface area (Å²) in [6.07, 6.45) is 1.44. The van der Waals surface area contributed by atoms with Gasteiger partial charge in [-0.15, -0.1) is 0 Å². The molecule has 0 atom stereocenters. The maximum Gasteiger partial charge on any atom is 0.344 e. The molecule has 12 nitrogen and oxygen atoms in total. The number of nitrogens with zero attached hydrogens (tertiary/aromatic N) is 2. The summed E-state index contributed by atoms with van der Waals surface area (Å²) < 4.78 is 21.9. The van der Waals surface area contributed by atoms with Crippen molar-refractivity contribution in [2.45, 2.75) is 33.2 Å². The van der Waals surface area contributed by atoms with E-state index in [1.54, 1.807) is 24.3 Å². The fraction of sp³-hybridized carbons (Fsp3) is 0.478. The second kappa shape index (κ2) is 13.8. The van der Waals surface area contributed by atoms with Gasteiger partial charge in [-0.3, -0.25) is 24.0 Å². The van der Waals surface area contributed by atoms with E-state index in [9.17, 15) is 19.2 Å². The average molecular weight is 493 g/mol. The Balaban J connectivity index is 2.08. The zero-order chi connectivity index (χ0) is 25.8. The van der Waals surface area contributed by atoms with Gasteiger partial charge in [0.15, 0.2) is 18.9 Å². The van der Waals surface area contributed by atoms with Crippen LogP contribution in [0, 0.1) is 0 Å². The lowest BCUT2D eigenvalue weighted by Gasteiger charge is -2.24. The number of ether oxygens (including phenoxy) is 4. The molecule has 1 aromatic heterocycles. The van der Waals surface area contributed by atoms with Crippen molar-refractivity contribution in [3.05, 3.63) is 45.1 Å². The number of nitrogens with two attached hydrogens (primary N) is 1. The molecular weight excluding hydrogens is 460 g/mol. The van der Waals surface area contributed by atoms with Crippen molar-refractivity contribution >= 4 is 23.4 Å². The minimum atomic E-state index is -0.824. The molecule has 0 fully saturated rings. The van der Waals surface area contributed by atoms with Crippen LogP contribution in [0.25, 0.3) is 0 Å². The molecule has 0 unspecified atom stereocenters. The number of nitrogen functional groups attached to an aromatic ring is 1. The molecule has 12 heteroatoms. The van der Waals surface area contributed by atoms with Gasteiger partial charge in [0.2, 0.25) is 0 Å². The highest BCUT2D eigenvalue weighted by Crippen LogP contribution is 2.18. The lowest BCUT2D eigenvalue weighted by Crippen LogP contribution is -2.44. The largest absolute Gasteiger partial charge is 0.494 e. The number of nitrogens with one attached hydrogen (secondary N) is 1. The van der Waals surface area contributed by atoms with E-state index < -0.39 is 36.3 Å². The predicted molar refractivity (Wildman–Crippen MR) is 129 cm³/mol. The molecule has 0 aliphatic rings. The number of H-pyrrole nitrogens is 1. The fourth-order valence-corrected chi connectivity index (χ4v) is 3.12. The van der Waals surface area contributed by atoms with Gasteiger partial charge in [0.05, 0.1) is 13.2 Å². The number of amides is 1. The minimum Gasteiger partial charge on any atom is -0.494 e. The molecule has 2 rings (SSSR count). The maximum absolute atomic E-state index is 12.9. The van der Waals surface area contributed by atoms with Crippen LogP contribution in [-0.2, 0) is 25.6 Å². The predicted octanol–water partition coefficient (Wildman–Crippen LogP) is 0.919. The maximum atomic E-state index is 12.9. The Morgan fingerprint density at radius 3 is 2.31 bits per heavy atom. The number of benzene rings is 1. The van der Waals surface area contributed by atoms with Gasteiger partial charge in [-0.1, -0.05) is 13.3 Å². The molecule has 192 valence electrons. The molecular formula is C23H32N4O8. The first-order chi connectivity index (χ1) is 16.8. The summed E-state index contributed by atoms with van der Waals surface area (Å²) in [6, 6.07) is 6.67. The normalized spacial score (nSPS) is 10.6. The number of hydrogen-bond acceptors (Lipinski definition) is 9. The lowest BCUT2D eigenvalue weighted by molar-refractivity contribution is -0.149. The molecule has 0 saturated heterocycles. The van der Waals surface area contributed by atoms with Crippen LogP contribution in [0.3, 0.4) is 0 Å². The smallest absolute Gasteiger partial charge is 0.344 e. The van der Waals surface area contributed by atoms with Crippen LogP contribution in [0.5, 0.6) is 11.5 Å². The van der Waals surface area contributed by atoms with Gasteiger partial charge in [-0.25, -0.2) is 9.59 Å². The van der Waals surface area contributed by atoms with Gasteiger partial charge in [0, 0.05) is 20.2 Å². The number of esters is 1. The van der Waals surface area contributed by atoms with Crippen LogP contribution in [0.1, 0.15) is 26.7 Å². The number of anilines is 2. The van der Waals surface area contributed by atoms with Crippen molar-refractivity contribution in [3.63, 3.8) is 0 Å². The van der Waals surface area contributed by atoms with Gasteiger partial charge in [-0.2, -0.15) is 0 Å². The number of rotatable bonds is 14. The monoisotopic (exact) mass is 492 g/mol. The Kier molecular flexibility index (Phi) is 10.8. The molecule has 35 heavy (non-hydrogen) atoms. The number of carbonyl (C=O) groups is 2. The van der Waals surface area contributed by atoms with E-state index in [4.69, 9.17) is 24.7 Å². The van der Waals surface area contributed by atoms with Crippen molar-refractivity contribution < 1.29 is 28.5 Å². The Morgan fingerprint density at radius 2 is 1.71 bits per heavy atom. The van der Waals surface area contributed by atoms with Gasteiger partial charge in [-0.05, 0) is 37.6 Å². The summed E-state index contributed by atoms with van der Waals surface area (Å²) in [5.74, 6) is -0.559. The molecule has 0 aliphatic heterocycles. The zero-order valence-corrected chi connectivity index (χ0v) is 20.2. The van der Waals surface area contributed by atoms with Crippen LogP contribution in [0.15, 0.2) is 33.9 Å². The van der Waals surface area contributed by atoms with Crippen LogP contribution in [0.4, 0.5) is 11.5 Å². The molecule has 2 aromatic rings. The number of methoxy groups -OCH3 is 1. The Hall–Kier alpha value is -3.80. The molecule has 1 heterocycles. The average Bonchev–Trinajstić information content (AvgIpc) is 2.84. The summed E-state index contributed by atoms with van der Waals surface area (Å²) in [5.41, 5.74) is 4.41. The van der Waals surface area contributed by atoms with E-state index in [0.717, 1.165) is 11.3 Å². The van der Waals surface area contributed by atoms with E-state index in [-0.39, 0.29) is 31.2 Å². The van der Waals surface area contributed by atoms with Crippen molar-refractivity contribution in [1.29, 1.82) is 0 Å². The summed E-state index contributed by atoms with van der Waals surface area (Å²) in [5, 5.41) is 0. The molecule has 0 radical (unpaired) electrons. The first-order valence-corrected chi connectivity index (χ1v) is 11.3. The molecule has 1 aromatic carbocycles. The molecule has 3 N–H and O–H groups in total. The van der Waals surface area contributed by atoms with Crippen LogP contribution < -0.4 is 31.4 Å². The van der Waals surface area contributed by atoms with Gasteiger partial charge in [0.25, 0.3) is 11.5 Å². The van der Waals surface area contributed by atoms with E-state index >= 15 is 0 Å². The van der Waals surface area contributed by atoms with E-state index in [1.807, 2.05) is 13.8 Å². The topological polar surface area (TPSA) is 155 Å². The molecule has 1 amide bonds. The van der Waals surface area contributed by atoms with E-state index in [0.29, 0.717) is 24.5 Å². The summed E-state index contributed by atoms with van der Waals surface area (Å²) in [7, 11) is 1.43. The summed E-state index contributed by atoms with van der Waals surface area (Å²) in [4.78, 5) is 52.9. The van der Waals surface area contributed by atoms with Crippen molar-refractivity contribution in [3.8, 4) is 11.5 Å². The van der Waals surface area contributed by atoms with Crippen LogP contribution >= 0.6 is 0 Å². The second-order valence-electron chi connectivity index (χ2n) is 7.39. The Bertz CT molecular complexity index is 1090. The number of aromatic nitrogens is 2. The second-order valence-corrected chi connectivity index (χ2v) is 7.39. The third-order valence-electron chi connectivity index (χ3n) is 4.89. The van der Waals surface area contributed by atoms with Crippen molar-refractivity contribution in [2.75, 3.05) is 50.7 Å². The lowest BCUT2D eigenvalue weighted by atomic mass is 10.3. The van der Waals surface area contributed by atoms with Crippen molar-refractivity contribution in [1.82, 2.24) is 9.55 Å². The van der Waals surface area contributed by atoms with E-state index in [2.05, 4.69) is 4.98 Å². The Morgan fingerprint density at radius 1 is 1.06 bits per heavy atom. The third kappa shape index (κ3) is 7.88. The number of hydrogen-bond donors (Lipinski definition) is 2. The van der Waals surface area contributed by atoms with Crippen LogP contribution in [0.2, 0.25) is 0 Å². The highest BCUT2D eigenvalue weighted by Gasteiger charge is 2.25. The quantitative estimate of drug-likeness (QED) is 0.366. The highest BCUT2D eigenvalue weighted by atomic mass is 16.6. The summed E-state index contributed by atoms with van der Waals surface area (Å²) >= 11 is 0. The number of unbranched alkanes of at least 4 members (excludes halogenated alkanes) is 1. The molecule has 0 saturated carbocycles. The number of carbonyl (C=O) groups excluding carboxylic acids is 2. The first-order valence-electron chi connectivity index (χ1n) is 11.3. The molecule has 0 spiro atoms. The molecule has 0 aliphatic carbocycles.